The Morgan fingerprint density at radius 1 is 1.16 bits per heavy atom. The summed E-state index contributed by atoms with van der Waals surface area (Å²) in [4.78, 5) is 35.4. The third kappa shape index (κ3) is 7.61. The maximum Gasteiger partial charge on any atom is 0.328 e. The standard InChI is InChI=1S/C25H40N4O3/c1-6-16-32-25(31)23(17-19(2)3)28(5)24(30)12-10-8-7-9-11-15-29-20(4)27-21-18-26-14-13-22(21)29/h13-14,18-19,23H,6-12,15-17H2,1-5H3/t23-/m0/s1. The summed E-state index contributed by atoms with van der Waals surface area (Å²) in [5.41, 5.74) is 2.08. The van der Waals surface area contributed by atoms with E-state index in [1.54, 1.807) is 11.9 Å². The van der Waals surface area contributed by atoms with Crippen LogP contribution in [0.3, 0.4) is 0 Å². The smallest absolute Gasteiger partial charge is 0.328 e. The summed E-state index contributed by atoms with van der Waals surface area (Å²) in [7, 11) is 1.73. The van der Waals surface area contributed by atoms with Crippen molar-refractivity contribution in [2.24, 2.45) is 5.92 Å². The molecular formula is C25H40N4O3. The normalized spacial score (nSPS) is 12.3. The van der Waals surface area contributed by atoms with Crippen LogP contribution in [-0.2, 0) is 20.9 Å². The van der Waals surface area contributed by atoms with Crippen LogP contribution >= 0.6 is 0 Å². The first-order valence-corrected chi connectivity index (χ1v) is 12.0. The second kappa shape index (κ2) is 13.2. The first-order chi connectivity index (χ1) is 15.3. The number of unbranched alkanes of at least 4 members (excludes halogenated alkanes) is 4. The van der Waals surface area contributed by atoms with E-state index in [1.165, 1.54) is 0 Å². The largest absolute Gasteiger partial charge is 0.464 e. The fourth-order valence-corrected chi connectivity index (χ4v) is 3.97. The van der Waals surface area contributed by atoms with Gasteiger partial charge in [0.05, 0.1) is 18.3 Å². The number of carbonyl (C=O) groups is 2. The Labute approximate surface area is 192 Å². The molecule has 0 aromatic carbocycles. The summed E-state index contributed by atoms with van der Waals surface area (Å²) in [6, 6.07) is 1.53. The van der Waals surface area contributed by atoms with Crippen LogP contribution in [0.1, 0.15) is 78.0 Å². The molecule has 0 saturated heterocycles. The number of nitrogens with zero attached hydrogens (tertiary/aromatic N) is 4. The van der Waals surface area contributed by atoms with Crippen molar-refractivity contribution in [1.82, 2.24) is 19.4 Å². The van der Waals surface area contributed by atoms with Crippen molar-refractivity contribution in [2.45, 2.75) is 91.6 Å². The Bertz CT molecular complexity index is 862. The number of esters is 1. The highest BCUT2D eigenvalue weighted by molar-refractivity contribution is 5.84. The van der Waals surface area contributed by atoms with Crippen LogP contribution in [0.25, 0.3) is 11.0 Å². The van der Waals surface area contributed by atoms with Crippen LogP contribution in [0.4, 0.5) is 0 Å². The Kier molecular flexibility index (Phi) is 10.6. The van der Waals surface area contributed by atoms with Crippen molar-refractivity contribution >= 4 is 22.9 Å². The van der Waals surface area contributed by atoms with Gasteiger partial charge in [0.1, 0.15) is 17.4 Å². The van der Waals surface area contributed by atoms with Gasteiger partial charge >= 0.3 is 5.97 Å². The van der Waals surface area contributed by atoms with E-state index in [0.717, 1.165) is 61.9 Å². The minimum Gasteiger partial charge on any atom is -0.464 e. The van der Waals surface area contributed by atoms with Crippen molar-refractivity contribution < 1.29 is 14.3 Å². The van der Waals surface area contributed by atoms with E-state index in [4.69, 9.17) is 4.74 Å². The molecule has 1 amide bonds. The molecule has 0 fully saturated rings. The van der Waals surface area contributed by atoms with E-state index in [9.17, 15) is 9.59 Å². The number of ether oxygens (including phenoxy) is 1. The van der Waals surface area contributed by atoms with Gasteiger partial charge in [0.2, 0.25) is 5.91 Å². The lowest BCUT2D eigenvalue weighted by atomic mass is 10.0. The van der Waals surface area contributed by atoms with E-state index < -0.39 is 6.04 Å². The Hall–Kier alpha value is -2.44. The molecule has 0 aliphatic carbocycles. The molecule has 32 heavy (non-hydrogen) atoms. The highest BCUT2D eigenvalue weighted by atomic mass is 16.5. The predicted molar refractivity (Wildman–Crippen MR) is 127 cm³/mol. The number of hydrogen-bond acceptors (Lipinski definition) is 5. The Morgan fingerprint density at radius 3 is 2.59 bits per heavy atom. The summed E-state index contributed by atoms with van der Waals surface area (Å²) in [5, 5.41) is 0. The average Bonchev–Trinajstić information content (AvgIpc) is 3.09. The zero-order valence-corrected chi connectivity index (χ0v) is 20.5. The summed E-state index contributed by atoms with van der Waals surface area (Å²) < 4.78 is 7.57. The van der Waals surface area contributed by atoms with E-state index in [1.807, 2.05) is 32.3 Å². The maximum absolute atomic E-state index is 12.7. The molecule has 0 N–H and O–H groups in total. The van der Waals surface area contributed by atoms with Crippen molar-refractivity contribution in [3.63, 3.8) is 0 Å². The average molecular weight is 445 g/mol. The topological polar surface area (TPSA) is 77.3 Å². The van der Waals surface area contributed by atoms with Crippen LogP contribution in [0.5, 0.6) is 0 Å². The minimum absolute atomic E-state index is 0.0261. The molecular weight excluding hydrogens is 404 g/mol. The number of likely N-dealkylation sites (N-methyl/N-ethyl adjacent to an activating group) is 1. The van der Waals surface area contributed by atoms with Crippen LogP contribution in [0, 0.1) is 12.8 Å². The molecule has 0 bridgehead atoms. The predicted octanol–water partition coefficient (Wildman–Crippen LogP) is 4.91. The number of rotatable bonds is 14. The van der Waals surface area contributed by atoms with E-state index in [0.29, 0.717) is 25.4 Å². The van der Waals surface area contributed by atoms with Gasteiger partial charge in [0.25, 0.3) is 0 Å². The van der Waals surface area contributed by atoms with Gasteiger partial charge in [-0.25, -0.2) is 9.78 Å². The van der Waals surface area contributed by atoms with Crippen LogP contribution in [0.2, 0.25) is 0 Å². The van der Waals surface area contributed by atoms with E-state index in [2.05, 4.69) is 28.4 Å². The quantitative estimate of drug-likeness (QED) is 0.306. The molecule has 0 spiro atoms. The number of amides is 1. The second-order valence-electron chi connectivity index (χ2n) is 9.01. The third-order valence-electron chi connectivity index (χ3n) is 5.79. The number of aryl methyl sites for hydroxylation is 2. The molecule has 0 unspecified atom stereocenters. The fraction of sp³-hybridized carbons (Fsp3) is 0.680. The zero-order chi connectivity index (χ0) is 23.5. The number of fused-ring (bicyclic) bond motifs is 1. The van der Waals surface area contributed by atoms with Crippen molar-refractivity contribution in [3.8, 4) is 0 Å². The van der Waals surface area contributed by atoms with Crippen molar-refractivity contribution in [1.29, 1.82) is 0 Å². The van der Waals surface area contributed by atoms with Crippen LogP contribution in [0.15, 0.2) is 18.5 Å². The van der Waals surface area contributed by atoms with Gasteiger partial charge in [-0.15, -0.1) is 0 Å². The molecule has 0 radical (unpaired) electrons. The molecule has 1 atom stereocenters. The molecule has 7 nitrogen and oxygen atoms in total. The van der Waals surface area contributed by atoms with Crippen LogP contribution < -0.4 is 0 Å². The summed E-state index contributed by atoms with van der Waals surface area (Å²) in [5.74, 6) is 1.08. The van der Waals surface area contributed by atoms with E-state index in [-0.39, 0.29) is 11.9 Å². The lowest BCUT2D eigenvalue weighted by Gasteiger charge is -2.28. The molecule has 178 valence electrons. The number of aromatic nitrogens is 3. The highest BCUT2D eigenvalue weighted by Crippen LogP contribution is 2.17. The van der Waals surface area contributed by atoms with Gasteiger partial charge in [-0.05, 0) is 44.6 Å². The van der Waals surface area contributed by atoms with E-state index >= 15 is 0 Å². The van der Waals surface area contributed by atoms with Gasteiger partial charge in [0.15, 0.2) is 0 Å². The summed E-state index contributed by atoms with van der Waals surface area (Å²) in [6.07, 6.45) is 10.7. The number of carbonyl (C=O) groups excluding carboxylic acids is 2. The van der Waals surface area contributed by atoms with Gasteiger partial charge in [-0.3, -0.25) is 9.78 Å². The van der Waals surface area contributed by atoms with Crippen molar-refractivity contribution in [2.75, 3.05) is 13.7 Å². The number of hydrogen-bond donors (Lipinski definition) is 0. The summed E-state index contributed by atoms with van der Waals surface area (Å²) >= 11 is 0. The Morgan fingerprint density at radius 2 is 1.88 bits per heavy atom. The fourth-order valence-electron chi connectivity index (χ4n) is 3.97. The van der Waals surface area contributed by atoms with Gasteiger partial charge < -0.3 is 14.2 Å². The summed E-state index contributed by atoms with van der Waals surface area (Å²) in [6.45, 7) is 9.47. The first-order valence-electron chi connectivity index (χ1n) is 12.0. The number of pyridine rings is 1. The van der Waals surface area contributed by atoms with Gasteiger partial charge in [0, 0.05) is 26.2 Å². The molecule has 0 aliphatic rings. The lowest BCUT2D eigenvalue weighted by Crippen LogP contribution is -2.44. The lowest BCUT2D eigenvalue weighted by molar-refractivity contribution is -0.155. The van der Waals surface area contributed by atoms with Crippen LogP contribution in [-0.4, -0.2) is 51.0 Å². The zero-order valence-electron chi connectivity index (χ0n) is 20.5. The number of imidazole rings is 1. The highest BCUT2D eigenvalue weighted by Gasteiger charge is 2.28. The Balaban J connectivity index is 1.70. The molecule has 0 saturated carbocycles. The maximum atomic E-state index is 12.7. The molecule has 7 heteroatoms. The van der Waals surface area contributed by atoms with Gasteiger partial charge in [-0.1, -0.05) is 40.0 Å². The molecule has 2 rings (SSSR count). The molecule has 2 aromatic heterocycles. The van der Waals surface area contributed by atoms with Crippen molar-refractivity contribution in [3.05, 3.63) is 24.3 Å². The SMILES string of the molecule is CCCOC(=O)[C@H](CC(C)C)N(C)C(=O)CCCCCCCn1c(C)nc2cnccc21. The molecule has 0 aliphatic heterocycles. The van der Waals surface area contributed by atoms with Gasteiger partial charge in [-0.2, -0.15) is 0 Å². The minimum atomic E-state index is -0.488. The first kappa shape index (κ1) is 25.8. The molecule has 2 heterocycles. The monoisotopic (exact) mass is 444 g/mol. The third-order valence-corrected chi connectivity index (χ3v) is 5.79. The second-order valence-corrected chi connectivity index (χ2v) is 9.01. The molecule has 2 aromatic rings.